The summed E-state index contributed by atoms with van der Waals surface area (Å²) in [6.45, 7) is 11.2. The number of hydrogen-bond donors (Lipinski definition) is 0. The molecule has 8 heavy (non-hydrogen) atoms. The van der Waals surface area contributed by atoms with Gasteiger partial charge >= 0.3 is 0 Å². The van der Waals surface area contributed by atoms with Crippen molar-refractivity contribution in [3.63, 3.8) is 0 Å². The van der Waals surface area contributed by atoms with Crippen molar-refractivity contribution < 1.29 is 4.43 Å². The monoisotopic (exact) mass is 128 g/mol. The molecule has 0 aliphatic heterocycles. The van der Waals surface area contributed by atoms with E-state index in [2.05, 4.69) is 26.3 Å². The molecular formula is C6H12OSi. The largest absolute Gasteiger partial charge is 0.546 e. The lowest BCUT2D eigenvalue weighted by molar-refractivity contribution is 0.487. The van der Waals surface area contributed by atoms with Crippen molar-refractivity contribution in [1.29, 1.82) is 0 Å². The average molecular weight is 128 g/mol. The highest BCUT2D eigenvalue weighted by atomic mass is 28.4. The van der Waals surface area contributed by atoms with Crippen LogP contribution in [0.25, 0.3) is 0 Å². The molecule has 1 nitrogen and oxygen atoms in total. The highest BCUT2D eigenvalue weighted by molar-refractivity contribution is 6.76. The van der Waals surface area contributed by atoms with Crippen LogP contribution in [-0.4, -0.2) is 8.32 Å². The fourth-order valence-electron chi connectivity index (χ4n) is 0.263. The molecule has 0 atom stereocenters. The van der Waals surface area contributed by atoms with E-state index in [4.69, 9.17) is 4.43 Å². The molecule has 0 aliphatic rings. The van der Waals surface area contributed by atoms with Gasteiger partial charge in [0.15, 0.2) is 0 Å². The van der Waals surface area contributed by atoms with Crippen LogP contribution in [0, 0.1) is 0 Å². The van der Waals surface area contributed by atoms with Gasteiger partial charge in [0.25, 0.3) is 8.32 Å². The topological polar surface area (TPSA) is 9.23 Å². The summed E-state index contributed by atoms with van der Waals surface area (Å²) in [5.41, 5.74) is 1.87. The van der Waals surface area contributed by atoms with E-state index < -0.39 is 8.32 Å². The first kappa shape index (κ1) is 7.50. The lowest BCUT2D eigenvalue weighted by atomic mass is 11.2. The van der Waals surface area contributed by atoms with Gasteiger partial charge in [0.2, 0.25) is 0 Å². The zero-order valence-electron chi connectivity index (χ0n) is 5.48. The van der Waals surface area contributed by atoms with Gasteiger partial charge < -0.3 is 4.43 Å². The summed E-state index contributed by atoms with van der Waals surface area (Å²) >= 11 is 0. The first-order chi connectivity index (χ1) is 3.62. The molecule has 0 aromatic heterocycles. The summed E-state index contributed by atoms with van der Waals surface area (Å²) in [4.78, 5) is 0. The molecule has 0 aromatic carbocycles. The zero-order valence-corrected chi connectivity index (χ0v) is 6.48. The fourth-order valence-corrected chi connectivity index (χ4v) is 0.789. The Morgan fingerprint density at radius 3 is 2.00 bits per heavy atom. The Kier molecular flexibility index (Phi) is 2.55. The van der Waals surface area contributed by atoms with Crippen LogP contribution < -0.4 is 0 Å². The molecule has 0 amide bonds. The van der Waals surface area contributed by atoms with Crippen LogP contribution in [0.2, 0.25) is 13.1 Å². The number of hydrogen-bond acceptors (Lipinski definition) is 1. The SMILES string of the molecule is C=CO[Si](C)(C)C=C. The highest BCUT2D eigenvalue weighted by Crippen LogP contribution is 2.03. The van der Waals surface area contributed by atoms with Gasteiger partial charge in [-0.2, -0.15) is 0 Å². The first-order valence-corrected chi connectivity index (χ1v) is 5.53. The molecule has 0 aliphatic carbocycles. The van der Waals surface area contributed by atoms with Crippen LogP contribution in [0.5, 0.6) is 0 Å². The van der Waals surface area contributed by atoms with Crippen LogP contribution in [0.15, 0.2) is 25.1 Å². The van der Waals surface area contributed by atoms with E-state index in [0.29, 0.717) is 0 Å². The molecule has 0 spiro atoms. The molecule has 0 aromatic rings. The molecule has 0 fully saturated rings. The van der Waals surface area contributed by atoms with Gasteiger partial charge in [-0.1, -0.05) is 12.3 Å². The summed E-state index contributed by atoms with van der Waals surface area (Å²) in [7, 11) is -1.53. The van der Waals surface area contributed by atoms with Crippen molar-refractivity contribution in [3.8, 4) is 0 Å². The Labute approximate surface area is 51.8 Å². The first-order valence-electron chi connectivity index (χ1n) is 2.54. The van der Waals surface area contributed by atoms with E-state index in [9.17, 15) is 0 Å². The van der Waals surface area contributed by atoms with Gasteiger partial charge in [-0.15, -0.1) is 6.58 Å². The van der Waals surface area contributed by atoms with Crippen molar-refractivity contribution in [2.75, 3.05) is 0 Å². The summed E-state index contributed by atoms with van der Waals surface area (Å²) in [5, 5.41) is 0. The Hall–Kier alpha value is -0.503. The van der Waals surface area contributed by atoms with Gasteiger partial charge in [-0.3, -0.25) is 0 Å². The minimum absolute atomic E-state index is 1.48. The normalized spacial score (nSPS) is 10.2. The summed E-state index contributed by atoms with van der Waals surface area (Å²) in [6, 6.07) is 0. The Bertz CT molecular complexity index is 96.7. The molecule has 2 heteroatoms. The van der Waals surface area contributed by atoms with Crippen LogP contribution in [0.3, 0.4) is 0 Å². The predicted molar refractivity (Wildman–Crippen MR) is 39.0 cm³/mol. The molecule has 0 unspecified atom stereocenters. The van der Waals surface area contributed by atoms with Crippen molar-refractivity contribution in [3.05, 3.63) is 25.1 Å². The second-order valence-electron chi connectivity index (χ2n) is 2.09. The molecule has 0 saturated carbocycles. The lowest BCUT2D eigenvalue weighted by Gasteiger charge is -2.14. The average Bonchev–Trinajstić information content (AvgIpc) is 1.67. The van der Waals surface area contributed by atoms with Crippen LogP contribution in [-0.2, 0) is 4.43 Å². The van der Waals surface area contributed by atoms with Crippen LogP contribution >= 0.6 is 0 Å². The predicted octanol–water partition coefficient (Wildman–Crippen LogP) is 2.08. The second kappa shape index (κ2) is 2.72. The maximum atomic E-state index is 5.16. The smallest absolute Gasteiger partial charge is 0.268 e. The molecule has 0 radical (unpaired) electrons. The summed E-state index contributed by atoms with van der Waals surface area (Å²) < 4.78 is 5.16. The van der Waals surface area contributed by atoms with Gasteiger partial charge in [0.1, 0.15) is 0 Å². The summed E-state index contributed by atoms with van der Waals surface area (Å²) in [6.07, 6.45) is 1.48. The van der Waals surface area contributed by atoms with Crippen molar-refractivity contribution >= 4 is 8.32 Å². The van der Waals surface area contributed by atoms with E-state index in [1.807, 2.05) is 5.70 Å². The fraction of sp³-hybridized carbons (Fsp3) is 0.333. The zero-order chi connectivity index (χ0) is 6.62. The molecule has 0 rings (SSSR count). The van der Waals surface area contributed by atoms with Crippen LogP contribution in [0.1, 0.15) is 0 Å². The Balaban J connectivity index is 3.70. The minimum Gasteiger partial charge on any atom is -0.546 e. The number of rotatable bonds is 3. The maximum absolute atomic E-state index is 5.16. The van der Waals surface area contributed by atoms with Gasteiger partial charge in [0.05, 0.1) is 6.26 Å². The van der Waals surface area contributed by atoms with E-state index >= 15 is 0 Å². The third kappa shape index (κ3) is 2.63. The second-order valence-corrected chi connectivity index (χ2v) is 5.94. The maximum Gasteiger partial charge on any atom is 0.268 e. The van der Waals surface area contributed by atoms with Gasteiger partial charge in [-0.05, 0) is 13.1 Å². The van der Waals surface area contributed by atoms with E-state index in [1.54, 1.807) is 0 Å². The van der Waals surface area contributed by atoms with E-state index in [-0.39, 0.29) is 0 Å². The lowest BCUT2D eigenvalue weighted by Crippen LogP contribution is -2.24. The Morgan fingerprint density at radius 1 is 1.38 bits per heavy atom. The molecular weight excluding hydrogens is 116 g/mol. The minimum atomic E-state index is -1.53. The Morgan fingerprint density at radius 2 is 1.88 bits per heavy atom. The summed E-state index contributed by atoms with van der Waals surface area (Å²) in [5.74, 6) is 0. The van der Waals surface area contributed by atoms with E-state index in [0.717, 1.165) is 0 Å². The molecule has 0 saturated heterocycles. The van der Waals surface area contributed by atoms with E-state index in [1.165, 1.54) is 6.26 Å². The molecule has 0 bridgehead atoms. The van der Waals surface area contributed by atoms with Gasteiger partial charge in [0, 0.05) is 0 Å². The standard InChI is InChI=1S/C6H12OSi/c1-5-7-8(3,4)6-2/h5-6H,1-2H2,3-4H3. The van der Waals surface area contributed by atoms with Crippen molar-refractivity contribution in [2.45, 2.75) is 13.1 Å². The quantitative estimate of drug-likeness (QED) is 0.417. The van der Waals surface area contributed by atoms with Crippen LogP contribution in [0.4, 0.5) is 0 Å². The van der Waals surface area contributed by atoms with Crippen molar-refractivity contribution in [1.82, 2.24) is 0 Å². The third-order valence-electron chi connectivity index (χ3n) is 0.879. The molecule has 0 N–H and O–H groups in total. The molecule has 46 valence electrons. The highest BCUT2D eigenvalue weighted by Gasteiger charge is 2.15. The molecule has 0 heterocycles. The third-order valence-corrected chi connectivity index (χ3v) is 2.64. The van der Waals surface area contributed by atoms with Gasteiger partial charge in [-0.25, -0.2) is 0 Å². The van der Waals surface area contributed by atoms with Crippen molar-refractivity contribution in [2.24, 2.45) is 0 Å².